The molecule has 0 saturated heterocycles. The van der Waals surface area contributed by atoms with Gasteiger partial charge in [0, 0.05) is 13.2 Å². The summed E-state index contributed by atoms with van der Waals surface area (Å²) in [6.45, 7) is 0.527. The zero-order valence-electron chi connectivity index (χ0n) is 5.55. The molecule has 0 aliphatic carbocycles. The van der Waals surface area contributed by atoms with Crippen LogP contribution in [0.25, 0.3) is 0 Å². The molecule has 0 fully saturated rings. The number of aliphatic hydroxyl groups excluding tert-OH is 2. The third kappa shape index (κ3) is 8.31. The minimum Gasteiger partial charge on any atom is -0.465 e. The van der Waals surface area contributed by atoms with Crippen molar-refractivity contribution in [3.05, 3.63) is 0 Å². The van der Waals surface area contributed by atoms with Crippen LogP contribution in [0.15, 0.2) is 0 Å². The van der Waals surface area contributed by atoms with Crippen molar-refractivity contribution in [2.75, 3.05) is 13.2 Å². The van der Waals surface area contributed by atoms with Crippen LogP contribution in [0.2, 0.25) is 12.1 Å². The summed E-state index contributed by atoms with van der Waals surface area (Å²) >= 11 is 0. The molecule has 0 rings (SSSR count). The average molecular weight is 166 g/mol. The van der Waals surface area contributed by atoms with Crippen LogP contribution < -0.4 is 0 Å². The topological polar surface area (TPSA) is 49.7 Å². The molecule has 56 valence electrons. The minimum absolute atomic E-state index is 0.264. The molecule has 0 bridgehead atoms. The van der Waals surface area contributed by atoms with Crippen molar-refractivity contribution in [1.29, 1.82) is 0 Å². The van der Waals surface area contributed by atoms with Crippen molar-refractivity contribution < 1.29 is 14.3 Å². The molecule has 2 N–H and O–H groups in total. The van der Waals surface area contributed by atoms with E-state index in [-0.39, 0.29) is 13.2 Å². The van der Waals surface area contributed by atoms with Gasteiger partial charge in [-0.25, -0.2) is 0 Å². The van der Waals surface area contributed by atoms with Crippen LogP contribution in [0.3, 0.4) is 0 Å². The van der Waals surface area contributed by atoms with Crippen molar-refractivity contribution in [2.45, 2.75) is 12.1 Å². The van der Waals surface area contributed by atoms with Gasteiger partial charge in [-0.05, 0) is 12.1 Å². The third-order valence-electron chi connectivity index (χ3n) is 0.894. The van der Waals surface area contributed by atoms with Gasteiger partial charge in [0.25, 0.3) is 0 Å². The van der Waals surface area contributed by atoms with Crippen LogP contribution in [0.4, 0.5) is 0 Å². The summed E-state index contributed by atoms with van der Waals surface area (Å²) in [6, 6.07) is 1.72. The fraction of sp³-hybridized carbons (Fsp3) is 1.00. The summed E-state index contributed by atoms with van der Waals surface area (Å²) < 4.78 is 5.27. The quantitative estimate of drug-likeness (QED) is 0.354. The van der Waals surface area contributed by atoms with Gasteiger partial charge in [0.1, 0.15) is 19.5 Å². The smallest absolute Gasteiger partial charge is 0.148 e. The van der Waals surface area contributed by atoms with Crippen molar-refractivity contribution in [2.24, 2.45) is 0 Å². The molecule has 0 aliphatic heterocycles. The summed E-state index contributed by atoms with van der Waals surface area (Å²) in [5.74, 6) is 0. The average Bonchev–Trinajstić information content (AvgIpc) is 1.89. The van der Waals surface area contributed by atoms with Crippen LogP contribution in [-0.4, -0.2) is 43.0 Å². The van der Waals surface area contributed by atoms with Gasteiger partial charge < -0.3 is 14.3 Å². The summed E-state index contributed by atoms with van der Waals surface area (Å²) in [6.07, 6.45) is 0. The molecule has 0 unspecified atom stereocenters. The summed E-state index contributed by atoms with van der Waals surface area (Å²) in [5.41, 5.74) is 0. The summed E-state index contributed by atoms with van der Waals surface area (Å²) in [5, 5.41) is 16.7. The van der Waals surface area contributed by atoms with Gasteiger partial charge >= 0.3 is 0 Å². The molecular weight excluding hydrogens is 152 g/mol. The van der Waals surface area contributed by atoms with Crippen molar-refractivity contribution in [1.82, 2.24) is 0 Å². The molecule has 5 heteroatoms. The maximum absolute atomic E-state index is 8.34. The van der Waals surface area contributed by atoms with Crippen molar-refractivity contribution >= 4 is 19.5 Å². The molecular formula is C4H14O3Si2. The van der Waals surface area contributed by atoms with E-state index in [0.29, 0.717) is 0 Å². The Morgan fingerprint density at radius 3 is 1.78 bits per heavy atom. The Kier molecular flexibility index (Phi) is 8.60. The molecule has 0 saturated carbocycles. The first-order valence-electron chi connectivity index (χ1n) is 3.21. The lowest BCUT2D eigenvalue weighted by molar-refractivity contribution is 0.312. The van der Waals surface area contributed by atoms with E-state index >= 15 is 0 Å². The Morgan fingerprint density at radius 1 is 1.00 bits per heavy atom. The van der Waals surface area contributed by atoms with Gasteiger partial charge in [-0.1, -0.05) is 0 Å². The predicted molar refractivity (Wildman–Crippen MR) is 42.0 cm³/mol. The van der Waals surface area contributed by atoms with Crippen LogP contribution in [0.1, 0.15) is 0 Å². The fourth-order valence-electron chi connectivity index (χ4n) is 0.435. The van der Waals surface area contributed by atoms with E-state index in [2.05, 4.69) is 0 Å². The van der Waals surface area contributed by atoms with Gasteiger partial charge in [0.2, 0.25) is 0 Å². The lowest BCUT2D eigenvalue weighted by Crippen LogP contribution is -2.06. The number of hydrogen-bond donors (Lipinski definition) is 2. The predicted octanol–water partition coefficient (Wildman–Crippen LogP) is -2.01. The minimum atomic E-state index is -0.408. The lowest BCUT2D eigenvalue weighted by atomic mass is 10.9. The second-order valence-corrected chi connectivity index (χ2v) is 5.63. The Hall–Kier alpha value is 0.314. The van der Waals surface area contributed by atoms with E-state index in [4.69, 9.17) is 14.3 Å². The largest absolute Gasteiger partial charge is 0.465 e. The highest BCUT2D eigenvalue weighted by molar-refractivity contribution is 6.42. The van der Waals surface area contributed by atoms with Gasteiger partial charge in [0.15, 0.2) is 0 Å². The van der Waals surface area contributed by atoms with E-state index in [9.17, 15) is 0 Å². The first-order valence-corrected chi connectivity index (χ1v) is 6.36. The molecule has 0 amide bonds. The van der Waals surface area contributed by atoms with Crippen LogP contribution in [-0.2, 0) is 4.12 Å². The molecule has 9 heavy (non-hydrogen) atoms. The summed E-state index contributed by atoms with van der Waals surface area (Å²) in [4.78, 5) is 0. The van der Waals surface area contributed by atoms with E-state index in [1.165, 1.54) is 0 Å². The molecule has 0 aliphatic rings. The van der Waals surface area contributed by atoms with Gasteiger partial charge in [0.05, 0.1) is 0 Å². The fourth-order valence-corrected chi connectivity index (χ4v) is 3.14. The van der Waals surface area contributed by atoms with Gasteiger partial charge in [-0.15, -0.1) is 0 Å². The standard InChI is InChI=1S/C4H14O3Si2/c5-1-3-8-7-9-4-2-6/h5-6H,1-4,8-9H2. The third-order valence-corrected chi connectivity index (χ3v) is 4.41. The zero-order valence-corrected chi connectivity index (χ0v) is 8.37. The lowest BCUT2D eigenvalue weighted by Gasteiger charge is -1.98. The van der Waals surface area contributed by atoms with E-state index in [0.717, 1.165) is 12.1 Å². The molecule has 0 aromatic carbocycles. The monoisotopic (exact) mass is 166 g/mol. The highest BCUT2D eigenvalue weighted by Crippen LogP contribution is 1.79. The van der Waals surface area contributed by atoms with E-state index < -0.39 is 19.5 Å². The van der Waals surface area contributed by atoms with Crippen molar-refractivity contribution in [3.8, 4) is 0 Å². The Bertz CT molecular complexity index is 47.1. The second kappa shape index (κ2) is 8.31. The molecule has 3 nitrogen and oxygen atoms in total. The van der Waals surface area contributed by atoms with Crippen LogP contribution >= 0.6 is 0 Å². The van der Waals surface area contributed by atoms with E-state index in [1.54, 1.807) is 0 Å². The van der Waals surface area contributed by atoms with E-state index in [1.807, 2.05) is 0 Å². The Morgan fingerprint density at radius 2 is 1.44 bits per heavy atom. The molecule has 0 radical (unpaired) electrons. The number of aliphatic hydroxyl groups is 2. The molecule has 0 aromatic heterocycles. The first-order chi connectivity index (χ1) is 4.41. The van der Waals surface area contributed by atoms with Gasteiger partial charge in [-0.3, -0.25) is 0 Å². The molecule has 0 heterocycles. The maximum atomic E-state index is 8.34. The second-order valence-electron chi connectivity index (χ2n) is 1.77. The highest BCUT2D eigenvalue weighted by atomic mass is 28.3. The maximum Gasteiger partial charge on any atom is 0.148 e. The van der Waals surface area contributed by atoms with Gasteiger partial charge in [-0.2, -0.15) is 0 Å². The Balaban J connectivity index is 2.60. The molecule has 0 spiro atoms. The van der Waals surface area contributed by atoms with Crippen LogP contribution in [0.5, 0.6) is 0 Å². The highest BCUT2D eigenvalue weighted by Gasteiger charge is 1.87. The SMILES string of the molecule is OCC[SiH2]O[SiH2]CCO. The van der Waals surface area contributed by atoms with Crippen LogP contribution in [0, 0.1) is 0 Å². The zero-order chi connectivity index (χ0) is 6.95. The Labute approximate surface area is 59.9 Å². The first kappa shape index (κ1) is 9.31. The normalized spacial score (nSPS) is 12.7. The molecule has 0 atom stereocenters. The summed E-state index contributed by atoms with van der Waals surface area (Å²) in [7, 11) is -0.817. The van der Waals surface area contributed by atoms with Crippen molar-refractivity contribution in [3.63, 3.8) is 0 Å². The number of hydrogen-bond acceptors (Lipinski definition) is 3. The number of rotatable bonds is 6. The molecule has 0 aromatic rings.